The van der Waals surface area contributed by atoms with Crippen LogP contribution in [0.1, 0.15) is 26.7 Å². The number of carbonyl (C=O) groups is 2. The van der Waals surface area contributed by atoms with Crippen LogP contribution in [0.15, 0.2) is 0 Å². The summed E-state index contributed by atoms with van der Waals surface area (Å²) in [6, 6.07) is -0.565. The van der Waals surface area contributed by atoms with Crippen LogP contribution in [0.2, 0.25) is 0 Å². The highest BCUT2D eigenvalue weighted by atomic mass is 32.2. The number of sulfone groups is 1. The first kappa shape index (κ1) is 14.0. The SMILES string of the molecule is CCS(=O)(=O)CC(C)NC(=O)C1(C(=O)O)CC1. The zero-order valence-electron chi connectivity index (χ0n) is 9.89. The van der Waals surface area contributed by atoms with Gasteiger partial charge in [0.1, 0.15) is 5.41 Å². The van der Waals surface area contributed by atoms with Gasteiger partial charge in [0.05, 0.1) is 5.75 Å². The van der Waals surface area contributed by atoms with Gasteiger partial charge in [0.2, 0.25) is 5.91 Å². The normalized spacial score (nSPS) is 19.4. The number of carboxylic acids is 1. The van der Waals surface area contributed by atoms with Crippen molar-refractivity contribution in [2.45, 2.75) is 32.7 Å². The number of hydrogen-bond acceptors (Lipinski definition) is 4. The molecule has 1 atom stereocenters. The largest absolute Gasteiger partial charge is 0.480 e. The van der Waals surface area contributed by atoms with E-state index >= 15 is 0 Å². The average molecular weight is 263 g/mol. The van der Waals surface area contributed by atoms with Crippen molar-refractivity contribution in [2.75, 3.05) is 11.5 Å². The van der Waals surface area contributed by atoms with Gasteiger partial charge < -0.3 is 10.4 Å². The number of carboxylic acid groups (broad SMARTS) is 1. The second kappa shape index (κ2) is 4.64. The van der Waals surface area contributed by atoms with Gasteiger partial charge in [0.25, 0.3) is 0 Å². The lowest BCUT2D eigenvalue weighted by molar-refractivity contribution is -0.149. The van der Waals surface area contributed by atoms with Gasteiger partial charge in [-0.2, -0.15) is 0 Å². The maximum absolute atomic E-state index is 11.7. The van der Waals surface area contributed by atoms with E-state index in [9.17, 15) is 18.0 Å². The minimum absolute atomic E-state index is 0.0112. The fraction of sp³-hybridized carbons (Fsp3) is 0.800. The van der Waals surface area contributed by atoms with E-state index in [0.29, 0.717) is 12.8 Å². The molecule has 1 amide bonds. The zero-order valence-corrected chi connectivity index (χ0v) is 10.7. The first-order valence-corrected chi connectivity index (χ1v) is 7.30. The third kappa shape index (κ3) is 3.18. The van der Waals surface area contributed by atoms with Gasteiger partial charge in [-0.25, -0.2) is 8.42 Å². The standard InChI is InChI=1S/C10H17NO5S/c1-3-17(15,16)6-7(2)11-8(12)10(4-5-10)9(13)14/h7H,3-6H2,1-2H3,(H,11,12)(H,13,14). The summed E-state index contributed by atoms with van der Waals surface area (Å²) in [5, 5.41) is 11.3. The Morgan fingerprint density at radius 3 is 2.29 bits per heavy atom. The number of amides is 1. The monoisotopic (exact) mass is 263 g/mol. The van der Waals surface area contributed by atoms with Crippen LogP contribution in [0, 0.1) is 5.41 Å². The molecule has 0 aliphatic heterocycles. The Balaban J connectivity index is 2.56. The minimum Gasteiger partial charge on any atom is -0.480 e. The van der Waals surface area contributed by atoms with E-state index in [1.807, 2.05) is 0 Å². The van der Waals surface area contributed by atoms with Crippen molar-refractivity contribution in [3.63, 3.8) is 0 Å². The van der Waals surface area contributed by atoms with Crippen molar-refractivity contribution in [3.8, 4) is 0 Å². The summed E-state index contributed by atoms with van der Waals surface area (Å²) in [6.07, 6.45) is 0.642. The molecule has 0 heterocycles. The molecule has 98 valence electrons. The fourth-order valence-corrected chi connectivity index (χ4v) is 2.65. The van der Waals surface area contributed by atoms with E-state index in [1.165, 1.54) is 6.92 Å². The Kier molecular flexibility index (Phi) is 3.81. The molecule has 2 N–H and O–H groups in total. The quantitative estimate of drug-likeness (QED) is 0.646. The Morgan fingerprint density at radius 1 is 1.41 bits per heavy atom. The van der Waals surface area contributed by atoms with Gasteiger partial charge in [-0.15, -0.1) is 0 Å². The highest BCUT2D eigenvalue weighted by Crippen LogP contribution is 2.46. The van der Waals surface area contributed by atoms with Gasteiger partial charge in [-0.1, -0.05) is 6.92 Å². The van der Waals surface area contributed by atoms with Crippen LogP contribution in [0.25, 0.3) is 0 Å². The number of aliphatic carboxylic acids is 1. The molecule has 0 radical (unpaired) electrons. The maximum Gasteiger partial charge on any atom is 0.319 e. The summed E-state index contributed by atoms with van der Waals surface area (Å²) >= 11 is 0. The third-order valence-corrected chi connectivity index (χ3v) is 4.80. The maximum atomic E-state index is 11.7. The van der Waals surface area contributed by atoms with Crippen LogP contribution < -0.4 is 5.32 Å². The Bertz CT molecular complexity index is 424. The highest BCUT2D eigenvalue weighted by molar-refractivity contribution is 7.91. The van der Waals surface area contributed by atoms with E-state index < -0.39 is 33.2 Å². The van der Waals surface area contributed by atoms with Crippen molar-refractivity contribution < 1.29 is 23.1 Å². The predicted molar refractivity (Wildman–Crippen MR) is 61.2 cm³/mol. The molecule has 1 aliphatic carbocycles. The summed E-state index contributed by atoms with van der Waals surface area (Å²) < 4.78 is 22.6. The van der Waals surface area contributed by atoms with Gasteiger partial charge >= 0.3 is 5.97 Å². The Morgan fingerprint density at radius 2 is 1.94 bits per heavy atom. The number of hydrogen-bond donors (Lipinski definition) is 2. The lowest BCUT2D eigenvalue weighted by Gasteiger charge is -2.16. The molecule has 1 unspecified atom stereocenters. The third-order valence-electron chi connectivity index (χ3n) is 2.92. The molecular formula is C10H17NO5S. The molecule has 1 aliphatic rings. The van der Waals surface area contributed by atoms with Crippen LogP contribution in [0.4, 0.5) is 0 Å². The van der Waals surface area contributed by atoms with E-state index in [1.54, 1.807) is 6.92 Å². The first-order chi connectivity index (χ1) is 7.73. The van der Waals surface area contributed by atoms with Crippen molar-refractivity contribution in [2.24, 2.45) is 5.41 Å². The summed E-state index contributed by atoms with van der Waals surface area (Å²) in [5.41, 5.74) is -1.32. The second-order valence-electron chi connectivity index (χ2n) is 4.46. The molecule has 0 saturated heterocycles. The topological polar surface area (TPSA) is 101 Å². The minimum atomic E-state index is -3.17. The molecule has 0 aromatic heterocycles. The van der Waals surface area contributed by atoms with Crippen molar-refractivity contribution in [1.82, 2.24) is 5.32 Å². The summed E-state index contributed by atoms with van der Waals surface area (Å²) in [6.45, 7) is 3.09. The predicted octanol–water partition coefficient (Wildman–Crippen LogP) is -0.209. The van der Waals surface area contributed by atoms with E-state index in [-0.39, 0.29) is 11.5 Å². The molecule has 1 saturated carbocycles. The van der Waals surface area contributed by atoms with Crippen LogP contribution in [-0.4, -0.2) is 42.9 Å². The lowest BCUT2D eigenvalue weighted by Crippen LogP contribution is -2.44. The second-order valence-corrected chi connectivity index (χ2v) is 6.86. The van der Waals surface area contributed by atoms with Gasteiger partial charge in [0.15, 0.2) is 9.84 Å². The van der Waals surface area contributed by atoms with E-state index in [0.717, 1.165) is 0 Å². The summed E-state index contributed by atoms with van der Waals surface area (Å²) in [5.74, 6) is -1.87. The number of nitrogens with one attached hydrogen (secondary N) is 1. The first-order valence-electron chi connectivity index (χ1n) is 5.48. The Labute approximate surface area is 100 Å². The van der Waals surface area contributed by atoms with Crippen molar-refractivity contribution in [1.29, 1.82) is 0 Å². The smallest absolute Gasteiger partial charge is 0.319 e. The van der Waals surface area contributed by atoms with Gasteiger partial charge in [-0.3, -0.25) is 9.59 Å². The molecular weight excluding hydrogens is 246 g/mol. The fourth-order valence-electron chi connectivity index (χ4n) is 1.57. The molecule has 1 rings (SSSR count). The van der Waals surface area contributed by atoms with Gasteiger partial charge in [0, 0.05) is 11.8 Å². The molecule has 7 heteroatoms. The average Bonchev–Trinajstić information content (AvgIpc) is 2.96. The number of carbonyl (C=O) groups excluding carboxylic acids is 1. The van der Waals surface area contributed by atoms with E-state index in [4.69, 9.17) is 5.11 Å². The lowest BCUT2D eigenvalue weighted by atomic mass is 10.1. The number of rotatable bonds is 6. The molecule has 1 fully saturated rings. The van der Waals surface area contributed by atoms with Gasteiger partial charge in [-0.05, 0) is 19.8 Å². The molecule has 6 nitrogen and oxygen atoms in total. The van der Waals surface area contributed by atoms with Crippen LogP contribution in [0.5, 0.6) is 0 Å². The molecule has 17 heavy (non-hydrogen) atoms. The van der Waals surface area contributed by atoms with E-state index in [2.05, 4.69) is 5.32 Å². The van der Waals surface area contributed by atoms with Crippen molar-refractivity contribution in [3.05, 3.63) is 0 Å². The summed E-state index contributed by atoms with van der Waals surface area (Å²) in [7, 11) is -3.17. The van der Waals surface area contributed by atoms with Crippen molar-refractivity contribution >= 4 is 21.7 Å². The Hall–Kier alpha value is -1.11. The molecule has 0 aromatic carbocycles. The van der Waals surface area contributed by atoms with Crippen LogP contribution in [-0.2, 0) is 19.4 Å². The highest BCUT2D eigenvalue weighted by Gasteiger charge is 2.57. The zero-order chi connectivity index (χ0) is 13.3. The molecule has 0 bridgehead atoms. The summed E-state index contributed by atoms with van der Waals surface area (Å²) in [4.78, 5) is 22.5. The molecule has 0 aromatic rings. The van der Waals surface area contributed by atoms with Crippen LogP contribution in [0.3, 0.4) is 0 Å². The van der Waals surface area contributed by atoms with Crippen LogP contribution >= 0.6 is 0 Å². The molecule has 0 spiro atoms.